The van der Waals surface area contributed by atoms with Gasteiger partial charge in [-0.15, -0.1) is 11.3 Å². The van der Waals surface area contributed by atoms with Crippen LogP contribution in [0.15, 0.2) is 46.3 Å². The smallest absolute Gasteiger partial charge is 0.223 e. The highest BCUT2D eigenvalue weighted by molar-refractivity contribution is 9.10. The summed E-state index contributed by atoms with van der Waals surface area (Å²) in [6.07, 6.45) is 3.90. The van der Waals surface area contributed by atoms with E-state index in [4.69, 9.17) is 0 Å². The average Bonchev–Trinajstić information content (AvgIpc) is 3.02. The molecule has 0 atom stereocenters. The number of hydrogen-bond acceptors (Lipinski definition) is 2. The van der Waals surface area contributed by atoms with Crippen LogP contribution in [-0.2, 0) is 17.9 Å². The second kappa shape index (κ2) is 9.11. The summed E-state index contributed by atoms with van der Waals surface area (Å²) in [6.45, 7) is 3.55. The van der Waals surface area contributed by atoms with Gasteiger partial charge in [-0.25, -0.2) is 0 Å². The number of carbonyl (C=O) groups is 1. The van der Waals surface area contributed by atoms with Crippen molar-refractivity contribution in [3.63, 3.8) is 0 Å². The van der Waals surface area contributed by atoms with Crippen LogP contribution in [-0.4, -0.2) is 10.8 Å². The lowest BCUT2D eigenvalue weighted by molar-refractivity contribution is -0.132. The maximum atomic E-state index is 12.5. The molecule has 0 aliphatic rings. The number of hydrogen-bond donors (Lipinski definition) is 0. The molecule has 22 heavy (non-hydrogen) atoms. The first-order chi connectivity index (χ1) is 10.7. The molecule has 0 aliphatic carbocycles. The van der Waals surface area contributed by atoms with Gasteiger partial charge in [-0.2, -0.15) is 0 Å². The molecule has 0 saturated heterocycles. The first-order valence-electron chi connectivity index (χ1n) is 7.73. The minimum absolute atomic E-state index is 0.254. The van der Waals surface area contributed by atoms with Crippen LogP contribution < -0.4 is 0 Å². The van der Waals surface area contributed by atoms with Crippen molar-refractivity contribution < 1.29 is 4.79 Å². The zero-order valence-corrected chi connectivity index (χ0v) is 15.3. The van der Waals surface area contributed by atoms with Gasteiger partial charge < -0.3 is 4.90 Å². The molecule has 0 unspecified atom stereocenters. The van der Waals surface area contributed by atoms with Gasteiger partial charge in [-0.05, 0) is 35.6 Å². The van der Waals surface area contributed by atoms with Crippen molar-refractivity contribution in [2.24, 2.45) is 0 Å². The van der Waals surface area contributed by atoms with E-state index in [1.54, 1.807) is 11.3 Å². The molecule has 0 radical (unpaired) electrons. The van der Waals surface area contributed by atoms with Crippen LogP contribution in [0.3, 0.4) is 0 Å². The van der Waals surface area contributed by atoms with Crippen LogP contribution in [0.1, 0.15) is 43.0 Å². The minimum Gasteiger partial charge on any atom is -0.333 e. The fraction of sp³-hybridized carbons (Fsp3) is 0.389. The van der Waals surface area contributed by atoms with Gasteiger partial charge in [-0.1, -0.05) is 53.9 Å². The first-order valence-corrected chi connectivity index (χ1v) is 9.41. The van der Waals surface area contributed by atoms with Crippen LogP contribution in [0, 0.1) is 0 Å². The number of unbranched alkanes of at least 4 members (excludes halogenated alkanes) is 2. The lowest BCUT2D eigenvalue weighted by atomic mass is 10.1. The van der Waals surface area contributed by atoms with Crippen molar-refractivity contribution in [1.82, 2.24) is 4.90 Å². The fourth-order valence-electron chi connectivity index (χ4n) is 2.32. The van der Waals surface area contributed by atoms with E-state index in [0.717, 1.165) is 23.7 Å². The van der Waals surface area contributed by atoms with Crippen molar-refractivity contribution in [3.05, 3.63) is 56.7 Å². The average molecular weight is 380 g/mol. The van der Waals surface area contributed by atoms with Gasteiger partial charge in [0.15, 0.2) is 0 Å². The predicted molar refractivity (Wildman–Crippen MR) is 96.9 cm³/mol. The Morgan fingerprint density at radius 1 is 1.14 bits per heavy atom. The van der Waals surface area contributed by atoms with Crippen molar-refractivity contribution in [2.45, 2.75) is 45.7 Å². The predicted octanol–water partition coefficient (Wildman–Crippen LogP) is 5.62. The van der Waals surface area contributed by atoms with Crippen LogP contribution in [0.5, 0.6) is 0 Å². The quantitative estimate of drug-likeness (QED) is 0.545. The van der Waals surface area contributed by atoms with Crippen molar-refractivity contribution in [3.8, 4) is 0 Å². The Kier molecular flexibility index (Phi) is 7.13. The SMILES string of the molecule is CCCCCC(=O)N(Cc1ccc(Br)cc1)Cc1cccs1. The van der Waals surface area contributed by atoms with E-state index in [1.165, 1.54) is 10.4 Å². The number of amides is 1. The van der Waals surface area contributed by atoms with E-state index >= 15 is 0 Å². The summed E-state index contributed by atoms with van der Waals surface area (Å²) in [5.41, 5.74) is 1.17. The summed E-state index contributed by atoms with van der Waals surface area (Å²) in [7, 11) is 0. The van der Waals surface area contributed by atoms with Gasteiger partial charge in [0.25, 0.3) is 0 Å². The molecule has 0 aliphatic heterocycles. The third-order valence-corrected chi connectivity index (χ3v) is 4.95. The molecule has 1 aromatic heterocycles. The zero-order valence-electron chi connectivity index (χ0n) is 12.9. The molecule has 1 aromatic carbocycles. The molecule has 0 fully saturated rings. The Labute approximate surface area is 145 Å². The Balaban J connectivity index is 2.03. The zero-order chi connectivity index (χ0) is 15.8. The van der Waals surface area contributed by atoms with Gasteiger partial charge in [0.2, 0.25) is 5.91 Å². The van der Waals surface area contributed by atoms with Crippen LogP contribution in [0.25, 0.3) is 0 Å². The Hall–Kier alpha value is -1.13. The summed E-state index contributed by atoms with van der Waals surface area (Å²) in [6, 6.07) is 12.3. The lowest BCUT2D eigenvalue weighted by Crippen LogP contribution is -2.29. The highest BCUT2D eigenvalue weighted by Gasteiger charge is 2.14. The lowest BCUT2D eigenvalue weighted by Gasteiger charge is -2.22. The highest BCUT2D eigenvalue weighted by Crippen LogP contribution is 2.18. The molecule has 1 heterocycles. The van der Waals surface area contributed by atoms with Crippen LogP contribution in [0.2, 0.25) is 0 Å². The normalized spacial score (nSPS) is 10.6. The summed E-state index contributed by atoms with van der Waals surface area (Å²) < 4.78 is 1.07. The number of halogens is 1. The van der Waals surface area contributed by atoms with E-state index in [9.17, 15) is 4.79 Å². The monoisotopic (exact) mass is 379 g/mol. The summed E-state index contributed by atoms with van der Waals surface area (Å²) in [4.78, 5) is 15.8. The molecular formula is C18H22BrNOS. The van der Waals surface area contributed by atoms with E-state index in [0.29, 0.717) is 19.5 Å². The summed E-state index contributed by atoms with van der Waals surface area (Å²) in [5, 5.41) is 2.06. The Bertz CT molecular complexity index is 565. The number of thiophene rings is 1. The molecule has 0 bridgehead atoms. The number of nitrogens with zero attached hydrogens (tertiary/aromatic N) is 1. The van der Waals surface area contributed by atoms with Crippen LogP contribution in [0.4, 0.5) is 0 Å². The van der Waals surface area contributed by atoms with E-state index < -0.39 is 0 Å². The Morgan fingerprint density at radius 2 is 1.91 bits per heavy atom. The van der Waals surface area contributed by atoms with E-state index in [-0.39, 0.29) is 5.91 Å². The summed E-state index contributed by atoms with van der Waals surface area (Å²) >= 11 is 5.16. The number of rotatable bonds is 8. The molecule has 1 amide bonds. The topological polar surface area (TPSA) is 20.3 Å². The molecule has 0 N–H and O–H groups in total. The number of carbonyl (C=O) groups excluding carboxylic acids is 1. The fourth-order valence-corrected chi connectivity index (χ4v) is 3.30. The van der Waals surface area contributed by atoms with Gasteiger partial charge in [0.1, 0.15) is 0 Å². The van der Waals surface area contributed by atoms with Crippen LogP contribution >= 0.6 is 27.3 Å². The molecular weight excluding hydrogens is 358 g/mol. The van der Waals surface area contributed by atoms with Gasteiger partial charge in [0.05, 0.1) is 6.54 Å². The minimum atomic E-state index is 0.254. The van der Waals surface area contributed by atoms with Crippen molar-refractivity contribution in [1.29, 1.82) is 0 Å². The molecule has 4 heteroatoms. The first kappa shape index (κ1) is 17.2. The molecule has 0 spiro atoms. The largest absolute Gasteiger partial charge is 0.333 e. The van der Waals surface area contributed by atoms with Gasteiger partial charge in [0, 0.05) is 22.3 Å². The molecule has 2 rings (SSSR count). The number of benzene rings is 1. The van der Waals surface area contributed by atoms with Crippen molar-refractivity contribution in [2.75, 3.05) is 0 Å². The molecule has 2 aromatic rings. The van der Waals surface area contributed by atoms with Gasteiger partial charge >= 0.3 is 0 Å². The van der Waals surface area contributed by atoms with E-state index in [1.807, 2.05) is 23.1 Å². The Morgan fingerprint density at radius 3 is 2.55 bits per heavy atom. The highest BCUT2D eigenvalue weighted by atomic mass is 79.9. The molecule has 0 saturated carbocycles. The molecule has 118 valence electrons. The third-order valence-electron chi connectivity index (χ3n) is 3.56. The standard InChI is InChI=1S/C18H22BrNOS/c1-2-3-4-7-18(21)20(14-17-6-5-12-22-17)13-15-8-10-16(19)11-9-15/h5-6,8-12H,2-4,7,13-14H2,1H3. The maximum Gasteiger partial charge on any atom is 0.223 e. The summed E-state index contributed by atoms with van der Waals surface area (Å²) in [5.74, 6) is 0.254. The van der Waals surface area contributed by atoms with Crippen molar-refractivity contribution >= 4 is 33.2 Å². The second-order valence-electron chi connectivity index (χ2n) is 5.41. The maximum absolute atomic E-state index is 12.5. The third kappa shape index (κ3) is 5.58. The molecule has 2 nitrogen and oxygen atoms in total. The van der Waals surface area contributed by atoms with E-state index in [2.05, 4.69) is 46.4 Å². The second-order valence-corrected chi connectivity index (χ2v) is 7.36. The van der Waals surface area contributed by atoms with Gasteiger partial charge in [-0.3, -0.25) is 4.79 Å².